The third kappa shape index (κ3) is 4.53. The molecule has 102 valence electrons. The number of nitrogens with zero attached hydrogens (tertiary/aromatic N) is 1. The Labute approximate surface area is 113 Å². The molecule has 0 aromatic heterocycles. The SMILES string of the molecule is N#Cc1cc(F)cc(NCCOC2CCCCC2)c1. The summed E-state index contributed by atoms with van der Waals surface area (Å²) in [5, 5.41) is 11.8. The van der Waals surface area contributed by atoms with E-state index in [4.69, 9.17) is 10.00 Å². The number of hydrogen-bond donors (Lipinski definition) is 1. The van der Waals surface area contributed by atoms with Crippen molar-refractivity contribution in [3.05, 3.63) is 29.6 Å². The van der Waals surface area contributed by atoms with Crippen LogP contribution in [-0.4, -0.2) is 19.3 Å². The predicted octanol–water partition coefficient (Wildman–Crippen LogP) is 3.46. The number of nitriles is 1. The van der Waals surface area contributed by atoms with E-state index < -0.39 is 5.82 Å². The maximum atomic E-state index is 13.2. The van der Waals surface area contributed by atoms with Crippen molar-refractivity contribution in [1.82, 2.24) is 0 Å². The highest BCUT2D eigenvalue weighted by Gasteiger charge is 2.12. The molecule has 1 fully saturated rings. The zero-order valence-electron chi connectivity index (χ0n) is 11.0. The second-order valence-corrected chi connectivity index (χ2v) is 4.90. The molecule has 0 aliphatic heterocycles. The van der Waals surface area contributed by atoms with Crippen LogP contribution in [0.4, 0.5) is 10.1 Å². The largest absolute Gasteiger partial charge is 0.383 e. The van der Waals surface area contributed by atoms with Gasteiger partial charge >= 0.3 is 0 Å². The summed E-state index contributed by atoms with van der Waals surface area (Å²) in [6.45, 7) is 1.24. The van der Waals surface area contributed by atoms with Crippen molar-refractivity contribution in [2.75, 3.05) is 18.5 Å². The number of hydrogen-bond acceptors (Lipinski definition) is 3. The van der Waals surface area contributed by atoms with E-state index in [1.807, 2.05) is 6.07 Å². The number of anilines is 1. The highest BCUT2D eigenvalue weighted by Crippen LogP contribution is 2.20. The molecule has 0 saturated heterocycles. The van der Waals surface area contributed by atoms with Gasteiger partial charge in [0.1, 0.15) is 5.82 Å². The molecule has 1 aliphatic rings. The van der Waals surface area contributed by atoms with Crippen molar-refractivity contribution in [1.29, 1.82) is 5.26 Å². The topological polar surface area (TPSA) is 45.0 Å². The van der Waals surface area contributed by atoms with Gasteiger partial charge in [-0.25, -0.2) is 4.39 Å². The zero-order chi connectivity index (χ0) is 13.5. The molecule has 19 heavy (non-hydrogen) atoms. The van der Waals surface area contributed by atoms with Crippen LogP contribution in [0.1, 0.15) is 37.7 Å². The quantitative estimate of drug-likeness (QED) is 0.826. The van der Waals surface area contributed by atoms with Crippen LogP contribution in [0.2, 0.25) is 0 Å². The Hall–Kier alpha value is -1.60. The number of benzene rings is 1. The fourth-order valence-electron chi connectivity index (χ4n) is 2.41. The van der Waals surface area contributed by atoms with E-state index in [0.29, 0.717) is 30.5 Å². The molecule has 3 nitrogen and oxygen atoms in total. The van der Waals surface area contributed by atoms with Crippen molar-refractivity contribution >= 4 is 5.69 Å². The first-order valence-corrected chi connectivity index (χ1v) is 6.84. The summed E-state index contributed by atoms with van der Waals surface area (Å²) >= 11 is 0. The Kier molecular flexibility index (Phi) is 5.17. The van der Waals surface area contributed by atoms with E-state index in [-0.39, 0.29) is 0 Å². The lowest BCUT2D eigenvalue weighted by Gasteiger charge is -2.22. The summed E-state index contributed by atoms with van der Waals surface area (Å²) in [6.07, 6.45) is 6.52. The molecule has 0 bridgehead atoms. The molecule has 0 unspecified atom stereocenters. The third-order valence-electron chi connectivity index (χ3n) is 3.36. The fraction of sp³-hybridized carbons (Fsp3) is 0.533. The maximum Gasteiger partial charge on any atom is 0.126 e. The van der Waals surface area contributed by atoms with Crippen molar-refractivity contribution in [2.24, 2.45) is 0 Å². The van der Waals surface area contributed by atoms with Crippen LogP contribution in [0.15, 0.2) is 18.2 Å². The normalized spacial score (nSPS) is 16.0. The van der Waals surface area contributed by atoms with Gasteiger partial charge in [0.15, 0.2) is 0 Å². The molecule has 0 atom stereocenters. The molecule has 4 heteroatoms. The van der Waals surface area contributed by atoms with E-state index in [2.05, 4.69) is 5.32 Å². The second-order valence-electron chi connectivity index (χ2n) is 4.90. The Bertz CT molecular complexity index is 450. The second kappa shape index (κ2) is 7.10. The van der Waals surface area contributed by atoms with Crippen LogP contribution in [0.5, 0.6) is 0 Å². The van der Waals surface area contributed by atoms with Gasteiger partial charge in [0.25, 0.3) is 0 Å². The van der Waals surface area contributed by atoms with E-state index >= 15 is 0 Å². The lowest BCUT2D eigenvalue weighted by molar-refractivity contribution is 0.0347. The van der Waals surface area contributed by atoms with Crippen LogP contribution in [0.3, 0.4) is 0 Å². The van der Waals surface area contributed by atoms with E-state index in [0.717, 1.165) is 12.8 Å². The van der Waals surface area contributed by atoms with E-state index in [9.17, 15) is 4.39 Å². The van der Waals surface area contributed by atoms with Crippen molar-refractivity contribution < 1.29 is 9.13 Å². The Morgan fingerprint density at radius 3 is 2.79 bits per heavy atom. The lowest BCUT2D eigenvalue weighted by Crippen LogP contribution is -2.20. The van der Waals surface area contributed by atoms with Gasteiger partial charge in [0.05, 0.1) is 24.3 Å². The van der Waals surface area contributed by atoms with Gasteiger partial charge < -0.3 is 10.1 Å². The van der Waals surface area contributed by atoms with Gasteiger partial charge in [0.2, 0.25) is 0 Å². The Morgan fingerprint density at radius 2 is 2.05 bits per heavy atom. The number of rotatable bonds is 5. The molecule has 1 N–H and O–H groups in total. The summed E-state index contributed by atoms with van der Waals surface area (Å²) in [6, 6.07) is 6.20. The van der Waals surface area contributed by atoms with Crippen LogP contribution >= 0.6 is 0 Å². The average Bonchev–Trinajstić information content (AvgIpc) is 2.44. The van der Waals surface area contributed by atoms with Crippen LogP contribution < -0.4 is 5.32 Å². The smallest absolute Gasteiger partial charge is 0.126 e. The highest BCUT2D eigenvalue weighted by molar-refractivity contribution is 5.49. The van der Waals surface area contributed by atoms with E-state index in [1.54, 1.807) is 6.07 Å². The standard InChI is InChI=1S/C15H19FN2O/c16-13-8-12(11-17)9-14(10-13)18-6-7-19-15-4-2-1-3-5-15/h8-10,15,18H,1-7H2. The minimum atomic E-state index is -0.394. The first-order chi connectivity index (χ1) is 9.28. The first kappa shape index (κ1) is 13.8. The first-order valence-electron chi connectivity index (χ1n) is 6.84. The highest BCUT2D eigenvalue weighted by atomic mass is 19.1. The Balaban J connectivity index is 1.73. The molecule has 0 radical (unpaired) electrons. The molecule has 1 aromatic rings. The number of nitrogens with one attached hydrogen (secondary N) is 1. The van der Waals surface area contributed by atoms with Crippen molar-refractivity contribution in [2.45, 2.75) is 38.2 Å². The summed E-state index contributed by atoms with van der Waals surface area (Å²) in [5.41, 5.74) is 0.958. The fourth-order valence-corrected chi connectivity index (χ4v) is 2.41. The summed E-state index contributed by atoms with van der Waals surface area (Å²) in [5.74, 6) is -0.394. The van der Waals surface area contributed by atoms with Gasteiger partial charge in [-0.05, 0) is 31.0 Å². The van der Waals surface area contributed by atoms with Gasteiger partial charge in [-0.1, -0.05) is 19.3 Å². The molecule has 1 aliphatic carbocycles. The van der Waals surface area contributed by atoms with E-state index in [1.165, 1.54) is 31.4 Å². The van der Waals surface area contributed by atoms with Crippen molar-refractivity contribution in [3.8, 4) is 6.07 Å². The number of ether oxygens (including phenoxy) is 1. The molecule has 0 amide bonds. The summed E-state index contributed by atoms with van der Waals surface area (Å²) < 4.78 is 19.0. The van der Waals surface area contributed by atoms with Crippen LogP contribution in [-0.2, 0) is 4.74 Å². The van der Waals surface area contributed by atoms with Gasteiger partial charge in [0, 0.05) is 12.2 Å². The monoisotopic (exact) mass is 262 g/mol. The predicted molar refractivity (Wildman–Crippen MR) is 72.4 cm³/mol. The molecular formula is C15H19FN2O. The molecule has 1 saturated carbocycles. The molecule has 0 spiro atoms. The van der Waals surface area contributed by atoms with Crippen LogP contribution in [0, 0.1) is 17.1 Å². The molecule has 2 rings (SSSR count). The minimum absolute atomic E-state index is 0.329. The zero-order valence-corrected chi connectivity index (χ0v) is 11.0. The van der Waals surface area contributed by atoms with Gasteiger partial charge in [-0.2, -0.15) is 5.26 Å². The Morgan fingerprint density at radius 1 is 1.26 bits per heavy atom. The molecular weight excluding hydrogens is 243 g/mol. The lowest BCUT2D eigenvalue weighted by atomic mass is 9.98. The third-order valence-corrected chi connectivity index (χ3v) is 3.36. The minimum Gasteiger partial charge on any atom is -0.383 e. The van der Waals surface area contributed by atoms with Crippen LogP contribution in [0.25, 0.3) is 0 Å². The molecule has 0 heterocycles. The summed E-state index contributed by atoms with van der Waals surface area (Å²) in [7, 11) is 0. The summed E-state index contributed by atoms with van der Waals surface area (Å²) in [4.78, 5) is 0. The average molecular weight is 262 g/mol. The van der Waals surface area contributed by atoms with Gasteiger partial charge in [-0.3, -0.25) is 0 Å². The number of halogens is 1. The van der Waals surface area contributed by atoms with Gasteiger partial charge in [-0.15, -0.1) is 0 Å². The van der Waals surface area contributed by atoms with Crippen molar-refractivity contribution in [3.63, 3.8) is 0 Å². The molecule has 1 aromatic carbocycles. The maximum absolute atomic E-state index is 13.2.